The topological polar surface area (TPSA) is 80.9 Å². The number of thioether (sulfide) groups is 1. The van der Waals surface area contributed by atoms with Gasteiger partial charge in [-0.1, -0.05) is 58.6 Å². The third-order valence-electron chi connectivity index (χ3n) is 3.09. The van der Waals surface area contributed by atoms with Crippen LogP contribution in [0.2, 0.25) is 0 Å². The first-order chi connectivity index (χ1) is 11.1. The fourth-order valence-electron chi connectivity index (χ4n) is 2.00. The van der Waals surface area contributed by atoms with Gasteiger partial charge in [0.05, 0.1) is 5.69 Å². The van der Waals surface area contributed by atoms with E-state index in [1.807, 2.05) is 18.2 Å². The Morgan fingerprint density at radius 3 is 2.74 bits per heavy atom. The number of carbonyl (C=O) groups is 1. The van der Waals surface area contributed by atoms with Crippen LogP contribution in [0, 0.1) is 13.8 Å². The number of carbonyl (C=O) groups excluding carboxylic acids is 1. The second-order valence-corrected chi connectivity index (χ2v) is 7.00. The number of hydrogen-bond acceptors (Lipinski definition) is 7. The van der Waals surface area contributed by atoms with Crippen molar-refractivity contribution in [1.29, 1.82) is 0 Å². The minimum absolute atomic E-state index is 0.281. The fraction of sp³-hybridized carbons (Fsp3) is 0.200. The molecule has 0 unspecified atom stereocenters. The van der Waals surface area contributed by atoms with Crippen LogP contribution in [0.3, 0.4) is 0 Å². The lowest BCUT2D eigenvalue weighted by molar-refractivity contribution is 0.102. The third kappa shape index (κ3) is 3.77. The number of aromatic nitrogens is 3. The Labute approximate surface area is 141 Å². The Morgan fingerprint density at radius 2 is 2.04 bits per heavy atom. The Morgan fingerprint density at radius 1 is 1.26 bits per heavy atom. The van der Waals surface area contributed by atoms with E-state index in [9.17, 15) is 4.79 Å². The first kappa shape index (κ1) is 15.7. The van der Waals surface area contributed by atoms with E-state index in [4.69, 9.17) is 4.52 Å². The predicted molar refractivity (Wildman–Crippen MR) is 89.8 cm³/mol. The van der Waals surface area contributed by atoms with Crippen molar-refractivity contribution >= 4 is 34.1 Å². The van der Waals surface area contributed by atoms with Crippen molar-refractivity contribution < 1.29 is 9.32 Å². The molecule has 3 aromatic rings. The summed E-state index contributed by atoms with van der Waals surface area (Å²) in [6.45, 7) is 3.43. The molecule has 0 aliphatic heterocycles. The van der Waals surface area contributed by atoms with Gasteiger partial charge in [0.2, 0.25) is 5.13 Å². The minimum atomic E-state index is -0.281. The van der Waals surface area contributed by atoms with E-state index in [0.29, 0.717) is 22.1 Å². The molecule has 0 fully saturated rings. The van der Waals surface area contributed by atoms with E-state index >= 15 is 0 Å². The summed E-state index contributed by atoms with van der Waals surface area (Å²) in [5, 5.41) is 15.1. The van der Waals surface area contributed by atoms with Gasteiger partial charge < -0.3 is 4.52 Å². The average molecular weight is 346 g/mol. The summed E-state index contributed by atoms with van der Waals surface area (Å²) >= 11 is 2.94. The van der Waals surface area contributed by atoms with Gasteiger partial charge in [0.1, 0.15) is 11.3 Å². The molecule has 6 nitrogen and oxygen atoms in total. The standard InChI is InChI=1S/C15H14N4O2S2/c1-9-12(10(2)21-19-9)13(20)16-14-17-18-15(23-14)22-8-11-6-4-3-5-7-11/h3-7H,8H2,1-2H3,(H,16,17,20). The quantitative estimate of drug-likeness (QED) is 0.560. The summed E-state index contributed by atoms with van der Waals surface area (Å²) in [7, 11) is 0. The molecule has 0 spiro atoms. The maximum absolute atomic E-state index is 12.2. The highest BCUT2D eigenvalue weighted by molar-refractivity contribution is 8.00. The highest BCUT2D eigenvalue weighted by Crippen LogP contribution is 2.28. The molecule has 0 saturated heterocycles. The monoisotopic (exact) mass is 346 g/mol. The second-order valence-electron chi connectivity index (χ2n) is 4.80. The Balaban J connectivity index is 1.62. The summed E-state index contributed by atoms with van der Waals surface area (Å²) in [6.07, 6.45) is 0. The number of nitrogens with zero attached hydrogens (tertiary/aromatic N) is 3. The summed E-state index contributed by atoms with van der Waals surface area (Å²) < 4.78 is 5.81. The Hall–Kier alpha value is -2.19. The normalized spacial score (nSPS) is 10.7. The number of amides is 1. The first-order valence-electron chi connectivity index (χ1n) is 6.88. The molecule has 3 rings (SSSR count). The molecule has 0 saturated carbocycles. The van der Waals surface area contributed by atoms with Crippen molar-refractivity contribution in [2.24, 2.45) is 0 Å². The predicted octanol–water partition coefficient (Wildman–Crippen LogP) is 3.69. The molecular weight excluding hydrogens is 332 g/mol. The van der Waals surface area contributed by atoms with Crippen LogP contribution in [0.4, 0.5) is 5.13 Å². The number of hydrogen-bond donors (Lipinski definition) is 1. The summed E-state index contributed by atoms with van der Waals surface area (Å²) in [6, 6.07) is 10.1. The first-order valence-corrected chi connectivity index (χ1v) is 8.68. The molecule has 0 atom stereocenters. The van der Waals surface area contributed by atoms with Gasteiger partial charge in [-0.15, -0.1) is 10.2 Å². The molecule has 23 heavy (non-hydrogen) atoms. The average Bonchev–Trinajstić information content (AvgIpc) is 3.13. The molecule has 8 heteroatoms. The maximum atomic E-state index is 12.2. The molecule has 2 aromatic heterocycles. The zero-order valence-corrected chi connectivity index (χ0v) is 14.2. The SMILES string of the molecule is Cc1noc(C)c1C(=O)Nc1nnc(SCc2ccccc2)s1. The van der Waals surface area contributed by atoms with E-state index in [-0.39, 0.29) is 5.91 Å². The molecule has 0 bridgehead atoms. The molecule has 1 amide bonds. The van der Waals surface area contributed by atoms with Gasteiger partial charge in [-0.05, 0) is 19.4 Å². The maximum Gasteiger partial charge on any atom is 0.263 e. The number of aryl methyl sites for hydroxylation is 2. The molecule has 2 heterocycles. The Kier molecular flexibility index (Phi) is 4.73. The van der Waals surface area contributed by atoms with Crippen molar-refractivity contribution in [3.8, 4) is 0 Å². The van der Waals surface area contributed by atoms with Gasteiger partial charge in [-0.3, -0.25) is 10.1 Å². The van der Waals surface area contributed by atoms with Gasteiger partial charge in [-0.2, -0.15) is 0 Å². The van der Waals surface area contributed by atoms with Gasteiger partial charge >= 0.3 is 0 Å². The summed E-state index contributed by atoms with van der Waals surface area (Å²) in [5.41, 5.74) is 2.22. The van der Waals surface area contributed by atoms with Crippen molar-refractivity contribution in [1.82, 2.24) is 15.4 Å². The van der Waals surface area contributed by atoms with E-state index in [2.05, 4.69) is 32.8 Å². The highest BCUT2D eigenvalue weighted by Gasteiger charge is 2.19. The van der Waals surface area contributed by atoms with E-state index in [1.165, 1.54) is 16.9 Å². The van der Waals surface area contributed by atoms with Crippen LogP contribution >= 0.6 is 23.1 Å². The third-order valence-corrected chi connectivity index (χ3v) is 5.14. The van der Waals surface area contributed by atoms with Crippen LogP contribution in [0.15, 0.2) is 39.2 Å². The fourth-order valence-corrected chi connectivity index (χ4v) is 3.71. The van der Waals surface area contributed by atoms with Crippen molar-refractivity contribution in [3.63, 3.8) is 0 Å². The molecular formula is C15H14N4O2S2. The second kappa shape index (κ2) is 6.93. The molecule has 1 aromatic carbocycles. The van der Waals surface area contributed by atoms with Crippen LogP contribution in [0.1, 0.15) is 27.4 Å². The van der Waals surface area contributed by atoms with E-state index in [1.54, 1.807) is 25.6 Å². The van der Waals surface area contributed by atoms with E-state index in [0.717, 1.165) is 10.1 Å². The Bertz CT molecular complexity index is 795. The lowest BCUT2D eigenvalue weighted by Gasteiger charge is -1.99. The van der Waals surface area contributed by atoms with Gasteiger partial charge in [-0.25, -0.2) is 0 Å². The van der Waals surface area contributed by atoms with Gasteiger partial charge in [0.25, 0.3) is 5.91 Å². The smallest absolute Gasteiger partial charge is 0.263 e. The molecule has 0 radical (unpaired) electrons. The number of rotatable bonds is 5. The van der Waals surface area contributed by atoms with Crippen molar-refractivity contribution in [2.45, 2.75) is 23.9 Å². The number of benzene rings is 1. The van der Waals surface area contributed by atoms with Crippen LogP contribution in [0.25, 0.3) is 0 Å². The van der Waals surface area contributed by atoms with Crippen molar-refractivity contribution in [2.75, 3.05) is 5.32 Å². The van der Waals surface area contributed by atoms with Crippen LogP contribution in [0.5, 0.6) is 0 Å². The largest absolute Gasteiger partial charge is 0.361 e. The number of anilines is 1. The highest BCUT2D eigenvalue weighted by atomic mass is 32.2. The number of nitrogens with one attached hydrogen (secondary N) is 1. The summed E-state index contributed by atoms with van der Waals surface area (Å²) in [5.74, 6) is 1.02. The summed E-state index contributed by atoms with van der Waals surface area (Å²) in [4.78, 5) is 12.2. The van der Waals surface area contributed by atoms with Crippen LogP contribution < -0.4 is 5.32 Å². The zero-order valence-electron chi connectivity index (χ0n) is 12.6. The molecule has 118 valence electrons. The molecule has 0 aliphatic rings. The lowest BCUT2D eigenvalue weighted by Crippen LogP contribution is -2.13. The van der Waals surface area contributed by atoms with Crippen LogP contribution in [-0.2, 0) is 5.75 Å². The minimum Gasteiger partial charge on any atom is -0.361 e. The van der Waals surface area contributed by atoms with Crippen LogP contribution in [-0.4, -0.2) is 21.3 Å². The van der Waals surface area contributed by atoms with Gasteiger partial charge in [0.15, 0.2) is 4.34 Å². The lowest BCUT2D eigenvalue weighted by atomic mass is 10.2. The van der Waals surface area contributed by atoms with E-state index < -0.39 is 0 Å². The van der Waals surface area contributed by atoms with Gasteiger partial charge in [0, 0.05) is 5.75 Å². The van der Waals surface area contributed by atoms with Crippen molar-refractivity contribution in [3.05, 3.63) is 52.9 Å². The molecule has 1 N–H and O–H groups in total. The zero-order chi connectivity index (χ0) is 16.2. The molecule has 0 aliphatic carbocycles.